The average Bonchev–Trinajstić information content (AvgIpc) is 2.77. The van der Waals surface area contributed by atoms with Crippen LogP contribution in [0, 0.1) is 5.92 Å². The van der Waals surface area contributed by atoms with E-state index in [4.69, 9.17) is 5.11 Å². The molecule has 1 aromatic rings. The third-order valence-corrected chi connectivity index (χ3v) is 3.04. The van der Waals surface area contributed by atoms with E-state index >= 15 is 0 Å². The summed E-state index contributed by atoms with van der Waals surface area (Å²) in [7, 11) is 1.76. The molecule has 6 heteroatoms. The highest BCUT2D eigenvalue weighted by Gasteiger charge is 2.24. The Balaban J connectivity index is 2.66. The highest BCUT2D eigenvalue weighted by atomic mass is 16.4. The van der Waals surface area contributed by atoms with E-state index in [0.717, 1.165) is 5.69 Å². The maximum absolute atomic E-state index is 11.7. The van der Waals surface area contributed by atoms with Gasteiger partial charge in [0.1, 0.15) is 6.04 Å². The third-order valence-electron chi connectivity index (χ3n) is 3.04. The minimum absolute atomic E-state index is 0.119. The van der Waals surface area contributed by atoms with Crippen molar-refractivity contribution >= 4 is 18.0 Å². The molecule has 1 aromatic heterocycles. The van der Waals surface area contributed by atoms with Gasteiger partial charge in [0.15, 0.2) is 0 Å². The summed E-state index contributed by atoms with van der Waals surface area (Å²) < 4.78 is 1.62. The van der Waals surface area contributed by atoms with Gasteiger partial charge >= 0.3 is 5.97 Å². The molecule has 0 aromatic carbocycles. The number of aromatic nitrogens is 2. The second kappa shape index (κ2) is 6.72. The van der Waals surface area contributed by atoms with Crippen molar-refractivity contribution in [3.05, 3.63) is 24.0 Å². The van der Waals surface area contributed by atoms with Gasteiger partial charge in [-0.1, -0.05) is 20.3 Å². The lowest BCUT2D eigenvalue weighted by atomic mass is 9.99. The van der Waals surface area contributed by atoms with Gasteiger partial charge in [-0.15, -0.1) is 0 Å². The van der Waals surface area contributed by atoms with Crippen LogP contribution in [0.5, 0.6) is 0 Å². The van der Waals surface area contributed by atoms with E-state index in [9.17, 15) is 9.59 Å². The fraction of sp³-hybridized carbons (Fsp3) is 0.462. The molecule has 19 heavy (non-hydrogen) atoms. The third kappa shape index (κ3) is 4.24. The Bertz CT molecular complexity index is 479. The number of aliphatic carboxylic acids is 1. The van der Waals surface area contributed by atoms with E-state index in [0.29, 0.717) is 6.42 Å². The van der Waals surface area contributed by atoms with Crippen LogP contribution < -0.4 is 5.32 Å². The summed E-state index contributed by atoms with van der Waals surface area (Å²) in [5, 5.41) is 15.5. The molecule has 0 bridgehead atoms. The van der Waals surface area contributed by atoms with Crippen molar-refractivity contribution in [2.45, 2.75) is 26.3 Å². The lowest BCUT2D eigenvalue weighted by molar-refractivity contribution is -0.142. The van der Waals surface area contributed by atoms with Crippen molar-refractivity contribution < 1.29 is 14.7 Å². The van der Waals surface area contributed by atoms with Gasteiger partial charge < -0.3 is 10.4 Å². The average molecular weight is 265 g/mol. The molecule has 0 saturated heterocycles. The van der Waals surface area contributed by atoms with Crippen molar-refractivity contribution in [3.8, 4) is 0 Å². The number of hydrogen-bond acceptors (Lipinski definition) is 3. The number of nitrogens with zero attached hydrogens (tertiary/aromatic N) is 2. The van der Waals surface area contributed by atoms with Gasteiger partial charge in [0.25, 0.3) is 0 Å². The van der Waals surface area contributed by atoms with E-state index < -0.39 is 17.9 Å². The molecule has 1 rings (SSSR count). The monoisotopic (exact) mass is 265 g/mol. The second-order valence-corrected chi connectivity index (χ2v) is 4.42. The lowest BCUT2D eigenvalue weighted by Gasteiger charge is -2.19. The number of carbonyl (C=O) groups is 2. The Morgan fingerprint density at radius 3 is 2.74 bits per heavy atom. The number of carboxylic acids is 1. The molecule has 0 radical (unpaired) electrons. The van der Waals surface area contributed by atoms with Gasteiger partial charge in [0, 0.05) is 19.3 Å². The molecular formula is C13H19N3O3. The molecule has 1 amide bonds. The van der Waals surface area contributed by atoms with Crippen LogP contribution in [0.4, 0.5) is 0 Å². The standard InChI is InChI=1S/C13H19N3O3/c1-4-9(2)12(13(18)19)15-11(17)6-5-10-7-8-14-16(10)3/h5-9,12H,4H2,1-3H3,(H,15,17)(H,18,19)/b6-5+/t9?,12-/m0/s1. The van der Waals surface area contributed by atoms with Crippen LogP contribution >= 0.6 is 0 Å². The van der Waals surface area contributed by atoms with Crippen LogP contribution in [0.1, 0.15) is 26.0 Å². The zero-order valence-corrected chi connectivity index (χ0v) is 11.3. The Morgan fingerprint density at radius 2 is 2.26 bits per heavy atom. The summed E-state index contributed by atoms with van der Waals surface area (Å²) in [5.74, 6) is -1.56. The summed E-state index contributed by atoms with van der Waals surface area (Å²) in [4.78, 5) is 22.8. The molecular weight excluding hydrogens is 246 g/mol. The van der Waals surface area contributed by atoms with Gasteiger partial charge in [-0.2, -0.15) is 5.10 Å². The summed E-state index contributed by atoms with van der Waals surface area (Å²) in [5.41, 5.74) is 0.769. The SMILES string of the molecule is CCC(C)[C@H](NC(=O)/C=C/c1ccnn1C)C(=O)O. The van der Waals surface area contributed by atoms with Gasteiger partial charge in [0.2, 0.25) is 5.91 Å². The minimum atomic E-state index is -1.02. The number of amides is 1. The normalized spacial score (nSPS) is 14.3. The molecule has 0 aliphatic heterocycles. The first-order chi connectivity index (χ1) is 8.95. The Hall–Kier alpha value is -2.11. The van der Waals surface area contributed by atoms with Crippen LogP contribution in [-0.4, -0.2) is 32.8 Å². The molecule has 0 fully saturated rings. The molecule has 0 saturated carbocycles. The van der Waals surface area contributed by atoms with Crippen LogP contribution in [0.3, 0.4) is 0 Å². The van der Waals surface area contributed by atoms with E-state index in [1.165, 1.54) is 6.08 Å². The van der Waals surface area contributed by atoms with Gasteiger partial charge in [-0.05, 0) is 18.1 Å². The first kappa shape index (κ1) is 14.9. The summed E-state index contributed by atoms with van der Waals surface area (Å²) >= 11 is 0. The predicted molar refractivity (Wildman–Crippen MR) is 71.3 cm³/mol. The predicted octanol–water partition coefficient (Wildman–Crippen LogP) is 1.05. The first-order valence-electron chi connectivity index (χ1n) is 6.15. The molecule has 0 aliphatic carbocycles. The number of carbonyl (C=O) groups excluding carboxylic acids is 1. The topological polar surface area (TPSA) is 84.2 Å². The molecule has 2 atom stereocenters. The largest absolute Gasteiger partial charge is 0.480 e. The highest BCUT2D eigenvalue weighted by molar-refractivity contribution is 5.94. The van der Waals surface area contributed by atoms with Gasteiger partial charge in [-0.25, -0.2) is 4.79 Å². The van der Waals surface area contributed by atoms with E-state index in [1.54, 1.807) is 37.0 Å². The maximum Gasteiger partial charge on any atom is 0.326 e. The zero-order valence-electron chi connectivity index (χ0n) is 11.3. The molecule has 2 N–H and O–H groups in total. The van der Waals surface area contributed by atoms with Crippen LogP contribution in [-0.2, 0) is 16.6 Å². The highest BCUT2D eigenvalue weighted by Crippen LogP contribution is 2.08. The molecule has 104 valence electrons. The van der Waals surface area contributed by atoms with Gasteiger partial charge in [-0.3, -0.25) is 9.48 Å². The maximum atomic E-state index is 11.7. The van der Waals surface area contributed by atoms with Gasteiger partial charge in [0.05, 0.1) is 5.69 Å². The number of hydrogen-bond donors (Lipinski definition) is 2. The fourth-order valence-corrected chi connectivity index (χ4v) is 1.59. The molecule has 0 spiro atoms. The molecule has 1 heterocycles. The van der Waals surface area contributed by atoms with Crippen molar-refractivity contribution in [3.63, 3.8) is 0 Å². The molecule has 6 nitrogen and oxygen atoms in total. The van der Waals surface area contributed by atoms with E-state index in [1.807, 2.05) is 6.92 Å². The lowest BCUT2D eigenvalue weighted by Crippen LogP contribution is -2.44. The van der Waals surface area contributed by atoms with Crippen LogP contribution in [0.2, 0.25) is 0 Å². The van der Waals surface area contributed by atoms with Crippen LogP contribution in [0.25, 0.3) is 6.08 Å². The molecule has 0 aliphatic rings. The summed E-state index contributed by atoms with van der Waals surface area (Å²) in [6, 6.07) is 0.890. The zero-order chi connectivity index (χ0) is 14.4. The van der Waals surface area contributed by atoms with Crippen molar-refractivity contribution in [2.24, 2.45) is 13.0 Å². The second-order valence-electron chi connectivity index (χ2n) is 4.42. The van der Waals surface area contributed by atoms with Crippen molar-refractivity contribution in [2.75, 3.05) is 0 Å². The number of nitrogens with one attached hydrogen (secondary N) is 1. The van der Waals surface area contributed by atoms with Crippen LogP contribution in [0.15, 0.2) is 18.3 Å². The van der Waals surface area contributed by atoms with E-state index in [2.05, 4.69) is 10.4 Å². The Morgan fingerprint density at radius 1 is 1.58 bits per heavy atom. The Kier molecular flexibility index (Phi) is 5.29. The quantitative estimate of drug-likeness (QED) is 0.753. The number of carboxylic acid groups (broad SMARTS) is 1. The van der Waals surface area contributed by atoms with Crippen molar-refractivity contribution in [1.82, 2.24) is 15.1 Å². The first-order valence-corrected chi connectivity index (χ1v) is 6.15. The molecule has 1 unspecified atom stereocenters. The summed E-state index contributed by atoms with van der Waals surface area (Å²) in [6.45, 7) is 3.68. The fourth-order valence-electron chi connectivity index (χ4n) is 1.59. The smallest absolute Gasteiger partial charge is 0.326 e. The van der Waals surface area contributed by atoms with E-state index in [-0.39, 0.29) is 5.92 Å². The minimum Gasteiger partial charge on any atom is -0.480 e. The number of aryl methyl sites for hydroxylation is 1. The van der Waals surface area contributed by atoms with Crippen molar-refractivity contribution in [1.29, 1.82) is 0 Å². The summed E-state index contributed by atoms with van der Waals surface area (Å²) in [6.07, 6.45) is 5.21. The Labute approximate surface area is 112 Å². The number of rotatable bonds is 6.